The number of hydrogen-bond acceptors (Lipinski definition) is 6. The van der Waals surface area contributed by atoms with E-state index in [1.54, 1.807) is 11.6 Å². The van der Waals surface area contributed by atoms with Gasteiger partial charge in [-0.05, 0) is 36.4 Å². The summed E-state index contributed by atoms with van der Waals surface area (Å²) in [5, 5.41) is 4.78. The number of aromatic nitrogens is 5. The Morgan fingerprint density at radius 2 is 1.84 bits per heavy atom. The molecule has 0 bridgehead atoms. The molecule has 158 valence electrons. The lowest BCUT2D eigenvalue weighted by molar-refractivity contribution is 0.102. The number of fused-ring (bicyclic) bond motifs is 1. The van der Waals surface area contributed by atoms with Crippen molar-refractivity contribution in [1.29, 1.82) is 0 Å². The number of imidazole rings is 1. The van der Waals surface area contributed by atoms with Crippen LogP contribution in [0.4, 0.5) is 10.3 Å². The van der Waals surface area contributed by atoms with E-state index in [4.69, 9.17) is 0 Å². The van der Waals surface area contributed by atoms with E-state index in [1.807, 2.05) is 47.0 Å². The van der Waals surface area contributed by atoms with Gasteiger partial charge in [0.05, 0.1) is 11.0 Å². The summed E-state index contributed by atoms with van der Waals surface area (Å²) in [6, 6.07) is 16.3. The lowest BCUT2D eigenvalue weighted by Crippen LogP contribution is -2.17. The van der Waals surface area contributed by atoms with Crippen molar-refractivity contribution in [2.45, 2.75) is 13.0 Å². The second kappa shape index (κ2) is 8.64. The van der Waals surface area contributed by atoms with Gasteiger partial charge in [0.2, 0.25) is 5.95 Å². The molecule has 1 aromatic carbocycles. The van der Waals surface area contributed by atoms with Gasteiger partial charge in [0.1, 0.15) is 16.4 Å². The van der Waals surface area contributed by atoms with Crippen LogP contribution in [-0.2, 0) is 13.0 Å². The van der Waals surface area contributed by atoms with Crippen molar-refractivity contribution in [1.82, 2.24) is 24.5 Å². The Morgan fingerprint density at radius 1 is 1.00 bits per heavy atom. The predicted molar refractivity (Wildman–Crippen MR) is 121 cm³/mol. The summed E-state index contributed by atoms with van der Waals surface area (Å²) in [5.74, 6) is -0.478. The number of para-hydroxylation sites is 2. The van der Waals surface area contributed by atoms with Crippen molar-refractivity contribution in [2.75, 3.05) is 5.32 Å². The van der Waals surface area contributed by atoms with E-state index in [1.165, 1.54) is 18.3 Å². The standard InChI is InChI=1S/C23H17FN6OS/c24-16-7-5-12-26-20(16)22-27-18(14-32-22)21(31)29-23-28-17-8-1-2-9-19(17)30(23)13-10-15-6-3-4-11-25-15/h1-9,11-12,14H,10,13H2,(H,28,29,31). The van der Waals surface area contributed by atoms with E-state index in [9.17, 15) is 9.18 Å². The Labute approximate surface area is 186 Å². The zero-order chi connectivity index (χ0) is 21.9. The highest BCUT2D eigenvalue weighted by molar-refractivity contribution is 7.13. The van der Waals surface area contributed by atoms with Crippen molar-refractivity contribution in [2.24, 2.45) is 0 Å². The Kier molecular flexibility index (Phi) is 5.39. The first-order chi connectivity index (χ1) is 15.7. The first-order valence-electron chi connectivity index (χ1n) is 9.92. The normalized spacial score (nSPS) is 11.0. The molecule has 0 aliphatic rings. The molecule has 9 heteroatoms. The van der Waals surface area contributed by atoms with Gasteiger partial charge < -0.3 is 4.57 Å². The molecule has 0 fully saturated rings. The monoisotopic (exact) mass is 444 g/mol. The second-order valence-electron chi connectivity index (χ2n) is 6.97. The number of pyridine rings is 2. The van der Waals surface area contributed by atoms with Gasteiger partial charge in [-0.1, -0.05) is 18.2 Å². The maximum absolute atomic E-state index is 14.0. The summed E-state index contributed by atoms with van der Waals surface area (Å²) in [7, 11) is 0. The molecule has 7 nitrogen and oxygen atoms in total. The topological polar surface area (TPSA) is 85.6 Å². The number of carbonyl (C=O) groups is 1. The van der Waals surface area contributed by atoms with Crippen molar-refractivity contribution in [3.05, 3.63) is 89.6 Å². The Morgan fingerprint density at radius 3 is 2.69 bits per heavy atom. The summed E-state index contributed by atoms with van der Waals surface area (Å²) in [4.78, 5) is 30.1. The summed E-state index contributed by atoms with van der Waals surface area (Å²) in [6.07, 6.45) is 3.93. The number of carbonyl (C=O) groups excluding carboxylic acids is 1. The van der Waals surface area contributed by atoms with Crippen LogP contribution in [0.3, 0.4) is 0 Å². The molecule has 0 saturated heterocycles. The molecule has 5 aromatic rings. The molecule has 1 N–H and O–H groups in total. The van der Waals surface area contributed by atoms with Crippen LogP contribution >= 0.6 is 11.3 Å². The molecule has 0 radical (unpaired) electrons. The highest BCUT2D eigenvalue weighted by atomic mass is 32.1. The van der Waals surface area contributed by atoms with E-state index < -0.39 is 11.7 Å². The summed E-state index contributed by atoms with van der Waals surface area (Å²) in [5.41, 5.74) is 2.94. The van der Waals surface area contributed by atoms with Crippen LogP contribution in [0, 0.1) is 5.82 Å². The van der Waals surface area contributed by atoms with E-state index in [-0.39, 0.29) is 11.4 Å². The number of hydrogen-bond donors (Lipinski definition) is 1. The molecule has 0 aliphatic heterocycles. The van der Waals surface area contributed by atoms with Crippen molar-refractivity contribution in [3.8, 4) is 10.7 Å². The lowest BCUT2D eigenvalue weighted by Gasteiger charge is -2.09. The number of anilines is 1. The number of benzene rings is 1. The average molecular weight is 444 g/mol. The van der Waals surface area contributed by atoms with E-state index in [0.717, 1.165) is 28.1 Å². The Hall–Kier alpha value is -3.98. The van der Waals surface area contributed by atoms with Gasteiger partial charge in [-0.3, -0.25) is 20.1 Å². The lowest BCUT2D eigenvalue weighted by atomic mass is 10.2. The van der Waals surface area contributed by atoms with Crippen LogP contribution in [0.15, 0.2) is 72.4 Å². The molecule has 0 spiro atoms. The van der Waals surface area contributed by atoms with Gasteiger partial charge in [-0.15, -0.1) is 11.3 Å². The van der Waals surface area contributed by atoms with Crippen molar-refractivity contribution >= 4 is 34.2 Å². The van der Waals surface area contributed by atoms with Crippen LogP contribution in [0.2, 0.25) is 0 Å². The molecule has 0 saturated carbocycles. The van der Waals surface area contributed by atoms with Crippen LogP contribution < -0.4 is 5.32 Å². The molecular weight excluding hydrogens is 427 g/mol. The second-order valence-corrected chi connectivity index (χ2v) is 7.83. The van der Waals surface area contributed by atoms with E-state index in [0.29, 0.717) is 23.9 Å². The number of halogens is 1. The smallest absolute Gasteiger partial charge is 0.277 e. The number of rotatable bonds is 6. The number of amides is 1. The molecule has 0 aliphatic carbocycles. The average Bonchev–Trinajstić information content (AvgIpc) is 3.44. The van der Waals surface area contributed by atoms with Gasteiger partial charge in [-0.25, -0.2) is 14.4 Å². The third kappa shape index (κ3) is 3.97. The minimum atomic E-state index is -0.481. The minimum absolute atomic E-state index is 0.124. The maximum Gasteiger partial charge on any atom is 0.277 e. The fourth-order valence-corrected chi connectivity index (χ4v) is 4.16. The van der Waals surface area contributed by atoms with Gasteiger partial charge in [-0.2, -0.15) is 0 Å². The number of nitrogens with zero attached hydrogens (tertiary/aromatic N) is 5. The molecule has 5 rings (SSSR count). The van der Waals surface area contributed by atoms with Gasteiger partial charge >= 0.3 is 0 Å². The molecule has 4 heterocycles. The first kappa shape index (κ1) is 20.0. The fraction of sp³-hybridized carbons (Fsp3) is 0.0870. The third-order valence-corrected chi connectivity index (χ3v) is 5.74. The zero-order valence-corrected chi connectivity index (χ0v) is 17.6. The maximum atomic E-state index is 14.0. The van der Waals surface area contributed by atoms with Crippen LogP contribution in [0.25, 0.3) is 21.7 Å². The van der Waals surface area contributed by atoms with Gasteiger partial charge in [0, 0.05) is 36.4 Å². The number of nitrogens with one attached hydrogen (secondary N) is 1. The fourth-order valence-electron chi connectivity index (χ4n) is 3.37. The first-order valence-corrected chi connectivity index (χ1v) is 10.8. The van der Waals surface area contributed by atoms with Crippen molar-refractivity contribution in [3.63, 3.8) is 0 Å². The molecule has 1 amide bonds. The molecular formula is C23H17FN6OS. The third-order valence-electron chi connectivity index (χ3n) is 4.90. The van der Waals surface area contributed by atoms with Crippen molar-refractivity contribution < 1.29 is 9.18 Å². The number of aryl methyl sites for hydroxylation is 2. The van der Waals surface area contributed by atoms with E-state index >= 15 is 0 Å². The van der Waals surface area contributed by atoms with Gasteiger partial charge in [0.25, 0.3) is 5.91 Å². The van der Waals surface area contributed by atoms with Crippen LogP contribution in [0.5, 0.6) is 0 Å². The summed E-state index contributed by atoms with van der Waals surface area (Å²) >= 11 is 1.16. The summed E-state index contributed by atoms with van der Waals surface area (Å²) < 4.78 is 16.0. The highest BCUT2D eigenvalue weighted by Gasteiger charge is 2.18. The molecule has 32 heavy (non-hydrogen) atoms. The largest absolute Gasteiger partial charge is 0.310 e. The van der Waals surface area contributed by atoms with E-state index in [2.05, 4.69) is 25.3 Å². The van der Waals surface area contributed by atoms with Gasteiger partial charge in [0.15, 0.2) is 5.82 Å². The highest BCUT2D eigenvalue weighted by Crippen LogP contribution is 2.25. The molecule has 0 atom stereocenters. The number of thiazole rings is 1. The Balaban J connectivity index is 1.41. The minimum Gasteiger partial charge on any atom is -0.310 e. The molecule has 4 aromatic heterocycles. The zero-order valence-electron chi connectivity index (χ0n) is 16.8. The predicted octanol–water partition coefficient (Wildman–Crippen LogP) is 4.58. The summed E-state index contributed by atoms with van der Waals surface area (Å²) in [6.45, 7) is 0.592. The quantitative estimate of drug-likeness (QED) is 0.414. The Bertz CT molecular complexity index is 1400. The SMILES string of the molecule is O=C(Nc1nc2ccccc2n1CCc1ccccn1)c1csc(-c2ncccc2F)n1. The molecule has 0 unspecified atom stereocenters. The van der Waals surface area contributed by atoms with Crippen LogP contribution in [0.1, 0.15) is 16.2 Å². The van der Waals surface area contributed by atoms with Crippen LogP contribution in [-0.4, -0.2) is 30.4 Å².